The molecule has 0 unspecified atom stereocenters. The number of nitrogens with one attached hydrogen (secondary N) is 1. The monoisotopic (exact) mass is 532 g/mol. The van der Waals surface area contributed by atoms with Crippen LogP contribution >= 0.6 is 23.1 Å². The van der Waals surface area contributed by atoms with Crippen LogP contribution in [-0.4, -0.2) is 21.5 Å². The number of carboxylic acids is 1. The van der Waals surface area contributed by atoms with Crippen LogP contribution < -0.4 is 5.32 Å². The lowest BCUT2D eigenvalue weighted by molar-refractivity contribution is -0.140. The molecule has 188 valence electrons. The van der Waals surface area contributed by atoms with Gasteiger partial charge in [0.1, 0.15) is 6.61 Å². The molecule has 0 aliphatic heterocycles. The predicted octanol–water partition coefficient (Wildman–Crippen LogP) is 7.61. The Morgan fingerprint density at radius 3 is 2.35 bits per heavy atom. The highest BCUT2D eigenvalue weighted by atomic mass is 35.5. The molecule has 1 saturated carbocycles. The van der Waals surface area contributed by atoms with Gasteiger partial charge in [0.2, 0.25) is 0 Å². The number of hydrogen-bond donors (Lipinski definition) is 2. The van der Waals surface area contributed by atoms with E-state index in [1.807, 2.05) is 80.6 Å². The lowest BCUT2D eigenvalue weighted by Gasteiger charge is -2.14. The Morgan fingerprint density at radius 1 is 1.03 bits per heavy atom. The van der Waals surface area contributed by atoms with Gasteiger partial charge in [-0.05, 0) is 77.7 Å². The standard InChI is InChI=1S/C29H25ClN2O4S/c1-17-5-3-4-6-22(17)16-36-28(35)31-25-18(2)32-37-26(25)20-9-7-19(8-10-20)21-11-12-23(24(30)15-21)29(13-14-29)27(33)34/h3-12,15H,13-14,16H2,1-2H3,(H,31,35)(H,33,34). The molecule has 1 amide bonds. The third kappa shape index (κ3) is 4.97. The summed E-state index contributed by atoms with van der Waals surface area (Å²) in [5.41, 5.74) is 5.96. The SMILES string of the molecule is Cc1ccccc1COC(=O)Nc1c(C)nsc1-c1ccc(-c2ccc(C3(C(=O)O)CC3)c(Cl)c2)cc1. The van der Waals surface area contributed by atoms with Crippen molar-refractivity contribution in [2.24, 2.45) is 0 Å². The Morgan fingerprint density at radius 2 is 1.70 bits per heavy atom. The van der Waals surface area contributed by atoms with E-state index in [2.05, 4.69) is 9.69 Å². The summed E-state index contributed by atoms with van der Waals surface area (Å²) in [5, 5.41) is 12.9. The first kappa shape index (κ1) is 25.0. The fourth-order valence-corrected chi connectivity index (χ4v) is 5.60. The largest absolute Gasteiger partial charge is 0.481 e. The number of ether oxygens (including phenoxy) is 1. The summed E-state index contributed by atoms with van der Waals surface area (Å²) in [6.45, 7) is 4.01. The molecule has 1 fully saturated rings. The van der Waals surface area contributed by atoms with Crippen molar-refractivity contribution in [2.75, 3.05) is 5.32 Å². The maximum Gasteiger partial charge on any atom is 0.412 e. The van der Waals surface area contributed by atoms with Crippen LogP contribution in [0.3, 0.4) is 0 Å². The topological polar surface area (TPSA) is 88.5 Å². The van der Waals surface area contributed by atoms with Crippen LogP contribution in [0.25, 0.3) is 21.6 Å². The average Bonchev–Trinajstić information content (AvgIpc) is 3.62. The lowest BCUT2D eigenvalue weighted by Crippen LogP contribution is -2.19. The second-order valence-corrected chi connectivity index (χ2v) is 10.4. The summed E-state index contributed by atoms with van der Waals surface area (Å²) in [4.78, 5) is 25.1. The van der Waals surface area contributed by atoms with E-state index in [1.54, 1.807) is 0 Å². The third-order valence-corrected chi connectivity index (χ3v) is 8.13. The molecular formula is C29H25ClN2O4S. The van der Waals surface area contributed by atoms with Gasteiger partial charge in [0, 0.05) is 5.02 Å². The average molecular weight is 533 g/mol. The number of amides is 1. The molecule has 0 saturated heterocycles. The van der Waals surface area contributed by atoms with Crippen LogP contribution in [0.1, 0.15) is 35.2 Å². The van der Waals surface area contributed by atoms with Crippen molar-refractivity contribution >= 4 is 40.9 Å². The van der Waals surface area contributed by atoms with Crippen molar-refractivity contribution < 1.29 is 19.4 Å². The molecule has 0 atom stereocenters. The van der Waals surface area contributed by atoms with Crippen molar-refractivity contribution in [1.82, 2.24) is 4.37 Å². The highest BCUT2D eigenvalue weighted by Gasteiger charge is 2.52. The van der Waals surface area contributed by atoms with E-state index in [9.17, 15) is 14.7 Å². The highest BCUT2D eigenvalue weighted by Crippen LogP contribution is 2.51. The predicted molar refractivity (Wildman–Crippen MR) is 146 cm³/mol. The lowest BCUT2D eigenvalue weighted by atomic mass is 9.93. The van der Waals surface area contributed by atoms with Gasteiger partial charge >= 0.3 is 12.1 Å². The molecular weight excluding hydrogens is 508 g/mol. The molecule has 2 N–H and O–H groups in total. The maximum atomic E-state index is 12.5. The molecule has 5 rings (SSSR count). The molecule has 1 aromatic heterocycles. The summed E-state index contributed by atoms with van der Waals surface area (Å²) < 4.78 is 9.88. The summed E-state index contributed by atoms with van der Waals surface area (Å²) >= 11 is 7.81. The molecule has 6 nitrogen and oxygen atoms in total. The Labute approximate surface area is 224 Å². The number of nitrogens with zero attached hydrogens (tertiary/aromatic N) is 1. The van der Waals surface area contributed by atoms with E-state index in [4.69, 9.17) is 16.3 Å². The normalized spacial score (nSPS) is 13.7. The maximum absolute atomic E-state index is 12.5. The number of carbonyl (C=O) groups excluding carboxylic acids is 1. The molecule has 0 bridgehead atoms. The van der Waals surface area contributed by atoms with Gasteiger partial charge in [-0.25, -0.2) is 4.79 Å². The van der Waals surface area contributed by atoms with E-state index in [-0.39, 0.29) is 6.61 Å². The molecule has 3 aromatic carbocycles. The van der Waals surface area contributed by atoms with Crippen molar-refractivity contribution in [3.05, 3.63) is 94.1 Å². The smallest absolute Gasteiger partial charge is 0.412 e. The van der Waals surface area contributed by atoms with Crippen LogP contribution in [0.2, 0.25) is 5.02 Å². The van der Waals surface area contributed by atoms with Crippen molar-refractivity contribution in [1.29, 1.82) is 0 Å². The number of aryl methyl sites for hydroxylation is 2. The quantitative estimate of drug-likeness (QED) is 0.255. The van der Waals surface area contributed by atoms with E-state index in [0.717, 1.165) is 32.7 Å². The molecule has 1 aliphatic carbocycles. The zero-order chi connectivity index (χ0) is 26.2. The van der Waals surface area contributed by atoms with Gasteiger partial charge in [0.25, 0.3) is 0 Å². The Kier molecular flexibility index (Phi) is 6.75. The number of aromatic nitrogens is 1. The minimum Gasteiger partial charge on any atom is -0.481 e. The molecule has 0 spiro atoms. The summed E-state index contributed by atoms with van der Waals surface area (Å²) in [5.74, 6) is -0.824. The fourth-order valence-electron chi connectivity index (χ4n) is 4.39. The van der Waals surface area contributed by atoms with Crippen LogP contribution in [0.4, 0.5) is 10.5 Å². The Bertz CT molecular complexity index is 1490. The molecule has 0 radical (unpaired) electrons. The zero-order valence-electron chi connectivity index (χ0n) is 20.4. The Hall–Kier alpha value is -3.68. The van der Waals surface area contributed by atoms with Crippen LogP contribution in [0.5, 0.6) is 0 Å². The first-order valence-corrected chi connectivity index (χ1v) is 13.0. The van der Waals surface area contributed by atoms with Gasteiger partial charge in [0.05, 0.1) is 21.7 Å². The van der Waals surface area contributed by atoms with Gasteiger partial charge in [-0.15, -0.1) is 0 Å². The van der Waals surface area contributed by atoms with Gasteiger partial charge in [0.15, 0.2) is 0 Å². The molecule has 37 heavy (non-hydrogen) atoms. The minimum atomic E-state index is -0.839. The molecule has 1 heterocycles. The van der Waals surface area contributed by atoms with Gasteiger partial charge in [-0.2, -0.15) is 4.37 Å². The van der Waals surface area contributed by atoms with Gasteiger partial charge < -0.3 is 9.84 Å². The van der Waals surface area contributed by atoms with Crippen molar-refractivity contribution in [3.63, 3.8) is 0 Å². The molecule has 8 heteroatoms. The first-order valence-electron chi connectivity index (χ1n) is 11.9. The van der Waals surface area contributed by atoms with E-state index < -0.39 is 17.5 Å². The van der Waals surface area contributed by atoms with E-state index in [0.29, 0.717) is 34.8 Å². The number of carboxylic acid groups (broad SMARTS) is 1. The molecule has 4 aromatic rings. The van der Waals surface area contributed by atoms with E-state index in [1.165, 1.54) is 11.5 Å². The number of aliphatic carboxylic acids is 1. The van der Waals surface area contributed by atoms with Gasteiger partial charge in [-0.1, -0.05) is 72.3 Å². The van der Waals surface area contributed by atoms with E-state index >= 15 is 0 Å². The summed E-state index contributed by atoms with van der Waals surface area (Å²) in [7, 11) is 0. The summed E-state index contributed by atoms with van der Waals surface area (Å²) in [6.07, 6.45) is 0.689. The second kappa shape index (κ2) is 10.00. The van der Waals surface area contributed by atoms with Crippen LogP contribution in [0.15, 0.2) is 66.7 Å². The van der Waals surface area contributed by atoms with Gasteiger partial charge in [-0.3, -0.25) is 10.1 Å². The highest BCUT2D eigenvalue weighted by molar-refractivity contribution is 7.10. The summed E-state index contributed by atoms with van der Waals surface area (Å²) in [6, 6.07) is 21.2. The Balaban J connectivity index is 1.31. The number of carbonyl (C=O) groups is 2. The molecule has 1 aliphatic rings. The number of benzene rings is 3. The number of anilines is 1. The van der Waals surface area contributed by atoms with Crippen molar-refractivity contribution in [3.8, 4) is 21.6 Å². The number of rotatable bonds is 7. The fraction of sp³-hybridized carbons (Fsp3) is 0.207. The second-order valence-electron chi connectivity index (χ2n) is 9.26. The van der Waals surface area contributed by atoms with Crippen molar-refractivity contribution in [2.45, 2.75) is 38.7 Å². The zero-order valence-corrected chi connectivity index (χ0v) is 21.9. The first-order chi connectivity index (χ1) is 17.8. The van der Waals surface area contributed by atoms with Crippen LogP contribution in [0, 0.1) is 13.8 Å². The minimum absolute atomic E-state index is 0.189. The van der Waals surface area contributed by atoms with Crippen LogP contribution in [-0.2, 0) is 21.6 Å². The third-order valence-electron chi connectivity index (χ3n) is 6.83. The number of hydrogen-bond acceptors (Lipinski definition) is 5. The number of halogens is 1.